The molecule has 1 amide bonds. The minimum Gasteiger partial charge on any atom is -0.318 e. The van der Waals surface area contributed by atoms with Gasteiger partial charge in [-0.1, -0.05) is 29.8 Å². The molecule has 1 N–H and O–H groups in total. The number of nitrogens with zero attached hydrogens (tertiary/aromatic N) is 3. The van der Waals surface area contributed by atoms with Crippen LogP contribution >= 0.6 is 11.6 Å². The summed E-state index contributed by atoms with van der Waals surface area (Å²) in [6.45, 7) is 3.02. The highest BCUT2D eigenvalue weighted by Crippen LogP contribution is 2.37. The second-order valence-corrected chi connectivity index (χ2v) is 10.0. The van der Waals surface area contributed by atoms with Crippen molar-refractivity contribution in [3.63, 3.8) is 0 Å². The number of amides is 1. The van der Waals surface area contributed by atoms with E-state index in [4.69, 9.17) is 11.6 Å². The van der Waals surface area contributed by atoms with Crippen molar-refractivity contribution in [2.75, 3.05) is 17.1 Å². The van der Waals surface area contributed by atoms with Crippen molar-refractivity contribution >= 4 is 39.4 Å². The van der Waals surface area contributed by atoms with Gasteiger partial charge < -0.3 is 4.57 Å². The average Bonchev–Trinajstić information content (AvgIpc) is 3.04. The number of carbonyl (C=O) groups is 1. The number of aromatic nitrogens is 1. The summed E-state index contributed by atoms with van der Waals surface area (Å²) in [4.78, 5) is 12.4. The van der Waals surface area contributed by atoms with Crippen molar-refractivity contribution in [3.05, 3.63) is 82.1 Å². The van der Waals surface area contributed by atoms with Gasteiger partial charge in [-0.3, -0.25) is 9.10 Å². The molecule has 3 rings (SSSR count). The first kappa shape index (κ1) is 26.3. The van der Waals surface area contributed by atoms with Crippen LogP contribution in [0.25, 0.3) is 5.69 Å². The number of aryl methyl sites for hydroxylation is 1. The second-order valence-electron chi connectivity index (χ2n) is 7.72. The van der Waals surface area contributed by atoms with Crippen LogP contribution in [0.5, 0.6) is 0 Å². The molecule has 7 nitrogen and oxygen atoms in total. The molecule has 0 atom stereocenters. The maximum Gasteiger partial charge on any atom is 0.417 e. The molecule has 0 saturated carbocycles. The number of sulfonamides is 1. The number of alkyl halides is 3. The average molecular weight is 527 g/mol. The SMILES string of the molecule is Cc1cc(/C=N\NC(=O)CN(c2ccc(Cl)c(C(F)(F)F)c2)S(C)(=O)=O)c(C)n1-c1ccccc1. The van der Waals surface area contributed by atoms with Crippen LogP contribution in [0.3, 0.4) is 0 Å². The van der Waals surface area contributed by atoms with Gasteiger partial charge >= 0.3 is 6.18 Å². The molecule has 0 aliphatic carbocycles. The monoisotopic (exact) mass is 526 g/mol. The van der Waals surface area contributed by atoms with Gasteiger partial charge in [0.15, 0.2) is 0 Å². The van der Waals surface area contributed by atoms with E-state index in [0.29, 0.717) is 10.4 Å². The highest BCUT2D eigenvalue weighted by Gasteiger charge is 2.34. The van der Waals surface area contributed by atoms with E-state index in [0.717, 1.165) is 41.0 Å². The van der Waals surface area contributed by atoms with Crippen LogP contribution in [0.1, 0.15) is 22.5 Å². The van der Waals surface area contributed by atoms with Crippen LogP contribution in [0.2, 0.25) is 5.02 Å². The summed E-state index contributed by atoms with van der Waals surface area (Å²) in [6, 6.07) is 14.1. The van der Waals surface area contributed by atoms with E-state index in [1.165, 1.54) is 6.21 Å². The van der Waals surface area contributed by atoms with Crippen molar-refractivity contribution in [3.8, 4) is 5.69 Å². The lowest BCUT2D eigenvalue weighted by Crippen LogP contribution is -2.39. The fourth-order valence-electron chi connectivity index (χ4n) is 3.52. The molecule has 186 valence electrons. The Hall–Kier alpha value is -3.31. The number of hydrazone groups is 1. The van der Waals surface area contributed by atoms with Gasteiger partial charge in [0.1, 0.15) is 6.54 Å². The first-order valence-corrected chi connectivity index (χ1v) is 12.4. The molecule has 1 aromatic heterocycles. The molecule has 12 heteroatoms. The first-order chi connectivity index (χ1) is 16.3. The quantitative estimate of drug-likeness (QED) is 0.358. The summed E-state index contributed by atoms with van der Waals surface area (Å²) in [6.07, 6.45) is -2.60. The van der Waals surface area contributed by atoms with Gasteiger partial charge in [0.25, 0.3) is 5.91 Å². The van der Waals surface area contributed by atoms with Crippen molar-refractivity contribution in [1.29, 1.82) is 0 Å². The van der Waals surface area contributed by atoms with Crippen molar-refractivity contribution in [2.45, 2.75) is 20.0 Å². The molecule has 0 unspecified atom stereocenters. The predicted octanol–water partition coefficient (Wildman–Crippen LogP) is 4.68. The standard InChI is InChI=1S/C23H22ClF3N4O3S/c1-15-11-17(16(2)31(15)18-7-5-4-6-8-18)13-28-29-22(32)14-30(35(3,33)34)19-9-10-21(24)20(12-19)23(25,26)27/h4-13H,14H2,1-3H3,(H,29,32)/b28-13-. The molecular weight excluding hydrogens is 505 g/mol. The van der Waals surface area contributed by atoms with Gasteiger partial charge in [0, 0.05) is 22.6 Å². The third-order valence-electron chi connectivity index (χ3n) is 5.11. The molecule has 1 heterocycles. The van der Waals surface area contributed by atoms with Crippen LogP contribution in [0, 0.1) is 13.8 Å². The fourth-order valence-corrected chi connectivity index (χ4v) is 4.59. The number of nitrogens with one attached hydrogen (secondary N) is 1. The normalized spacial score (nSPS) is 12.2. The fraction of sp³-hybridized carbons (Fsp3) is 0.217. The third-order valence-corrected chi connectivity index (χ3v) is 6.58. The van der Waals surface area contributed by atoms with Gasteiger partial charge in [-0.05, 0) is 50.2 Å². The summed E-state index contributed by atoms with van der Waals surface area (Å²) in [5, 5.41) is 3.30. The molecular formula is C23H22ClF3N4O3S. The Kier molecular flexibility index (Phi) is 7.61. The summed E-state index contributed by atoms with van der Waals surface area (Å²) in [5.41, 5.74) is 4.14. The highest BCUT2D eigenvalue weighted by atomic mass is 35.5. The molecule has 35 heavy (non-hydrogen) atoms. The number of hydrogen-bond acceptors (Lipinski definition) is 4. The van der Waals surface area contributed by atoms with Gasteiger partial charge in [-0.15, -0.1) is 0 Å². The number of carbonyl (C=O) groups excluding carboxylic acids is 1. The van der Waals surface area contributed by atoms with Gasteiger partial charge in [-0.25, -0.2) is 13.8 Å². The lowest BCUT2D eigenvalue weighted by molar-refractivity contribution is -0.137. The predicted molar refractivity (Wildman–Crippen MR) is 130 cm³/mol. The number of halogens is 4. The molecule has 2 aromatic carbocycles. The zero-order chi connectivity index (χ0) is 26.0. The van der Waals surface area contributed by atoms with E-state index in [9.17, 15) is 26.4 Å². The second kappa shape index (κ2) is 10.1. The first-order valence-electron chi connectivity index (χ1n) is 10.2. The van der Waals surface area contributed by atoms with Crippen molar-refractivity contribution in [1.82, 2.24) is 9.99 Å². The molecule has 0 radical (unpaired) electrons. The Balaban J connectivity index is 1.78. The lowest BCUT2D eigenvalue weighted by Gasteiger charge is -2.22. The van der Waals surface area contributed by atoms with Gasteiger partial charge in [0.05, 0.1) is 28.7 Å². The highest BCUT2D eigenvalue weighted by molar-refractivity contribution is 7.92. The van der Waals surface area contributed by atoms with E-state index in [1.807, 2.05) is 54.8 Å². The molecule has 0 spiro atoms. The van der Waals surface area contributed by atoms with Crippen molar-refractivity contribution in [2.24, 2.45) is 5.10 Å². The number of rotatable bonds is 7. The summed E-state index contributed by atoms with van der Waals surface area (Å²) >= 11 is 5.61. The third kappa shape index (κ3) is 6.23. The number of anilines is 1. The Bertz CT molecular complexity index is 1370. The summed E-state index contributed by atoms with van der Waals surface area (Å²) < 4.78 is 66.6. The minimum absolute atomic E-state index is 0.352. The number of para-hydroxylation sites is 1. The van der Waals surface area contributed by atoms with E-state index in [-0.39, 0.29) is 5.69 Å². The summed E-state index contributed by atoms with van der Waals surface area (Å²) in [7, 11) is -4.10. The minimum atomic E-state index is -4.80. The maximum absolute atomic E-state index is 13.2. The molecule has 0 saturated heterocycles. The van der Waals surface area contributed by atoms with E-state index in [1.54, 1.807) is 0 Å². The lowest BCUT2D eigenvalue weighted by atomic mass is 10.2. The van der Waals surface area contributed by atoms with E-state index >= 15 is 0 Å². The number of hydrogen-bond donors (Lipinski definition) is 1. The Morgan fingerprint density at radius 1 is 1.14 bits per heavy atom. The van der Waals surface area contributed by atoms with E-state index < -0.39 is 39.2 Å². The molecule has 3 aromatic rings. The van der Waals surface area contributed by atoms with Crippen LogP contribution in [-0.4, -0.2) is 37.9 Å². The molecule has 0 aliphatic heterocycles. The summed E-state index contributed by atoms with van der Waals surface area (Å²) in [5.74, 6) is -0.841. The Morgan fingerprint density at radius 3 is 2.40 bits per heavy atom. The van der Waals surface area contributed by atoms with E-state index in [2.05, 4.69) is 10.5 Å². The number of benzene rings is 2. The van der Waals surface area contributed by atoms with Crippen LogP contribution in [0.15, 0.2) is 59.7 Å². The van der Waals surface area contributed by atoms with Gasteiger partial charge in [0.2, 0.25) is 10.0 Å². The van der Waals surface area contributed by atoms with Crippen LogP contribution < -0.4 is 9.73 Å². The Morgan fingerprint density at radius 2 is 1.80 bits per heavy atom. The molecule has 0 fully saturated rings. The van der Waals surface area contributed by atoms with Crippen LogP contribution in [-0.2, 0) is 21.0 Å². The topological polar surface area (TPSA) is 83.8 Å². The molecule has 0 bridgehead atoms. The van der Waals surface area contributed by atoms with Crippen molar-refractivity contribution < 1.29 is 26.4 Å². The maximum atomic E-state index is 13.2. The molecule has 0 aliphatic rings. The Labute approximate surface area is 205 Å². The van der Waals surface area contributed by atoms with Crippen LogP contribution in [0.4, 0.5) is 18.9 Å². The smallest absolute Gasteiger partial charge is 0.318 e. The largest absolute Gasteiger partial charge is 0.417 e. The van der Waals surface area contributed by atoms with Gasteiger partial charge in [-0.2, -0.15) is 18.3 Å². The zero-order valence-electron chi connectivity index (χ0n) is 19.0. The zero-order valence-corrected chi connectivity index (χ0v) is 20.5.